The van der Waals surface area contributed by atoms with E-state index in [4.69, 9.17) is 10.6 Å². The SMILES string of the molecule is COc1cnccc1C(NN)c1ccc(F)c(F)c1. The van der Waals surface area contributed by atoms with Crippen LogP contribution in [0.5, 0.6) is 5.75 Å². The van der Waals surface area contributed by atoms with Crippen molar-refractivity contribution in [3.05, 3.63) is 59.4 Å². The van der Waals surface area contributed by atoms with Crippen LogP contribution in [0.15, 0.2) is 36.7 Å². The Balaban J connectivity index is 2.46. The Hall–Kier alpha value is -2.05. The average Bonchev–Trinajstić information content (AvgIpc) is 2.44. The molecule has 0 radical (unpaired) electrons. The van der Waals surface area contributed by atoms with Gasteiger partial charge in [-0.2, -0.15) is 0 Å². The van der Waals surface area contributed by atoms with Gasteiger partial charge in [-0.05, 0) is 23.8 Å². The molecule has 0 aliphatic heterocycles. The Bertz CT molecular complexity index is 578. The Labute approximate surface area is 109 Å². The van der Waals surface area contributed by atoms with E-state index < -0.39 is 17.7 Å². The molecule has 0 bridgehead atoms. The van der Waals surface area contributed by atoms with Crippen molar-refractivity contribution in [3.63, 3.8) is 0 Å². The molecule has 1 unspecified atom stereocenters. The summed E-state index contributed by atoms with van der Waals surface area (Å²) >= 11 is 0. The van der Waals surface area contributed by atoms with E-state index in [1.165, 1.54) is 19.4 Å². The molecule has 2 rings (SSSR count). The van der Waals surface area contributed by atoms with Gasteiger partial charge >= 0.3 is 0 Å². The lowest BCUT2D eigenvalue weighted by Gasteiger charge is -2.19. The minimum Gasteiger partial charge on any atom is -0.495 e. The molecule has 1 aromatic heterocycles. The summed E-state index contributed by atoms with van der Waals surface area (Å²) in [5.74, 6) is 4.19. The topological polar surface area (TPSA) is 60.2 Å². The molecule has 0 amide bonds. The first-order chi connectivity index (χ1) is 9.17. The van der Waals surface area contributed by atoms with Crippen LogP contribution in [0.2, 0.25) is 0 Å². The molecule has 0 fully saturated rings. The molecule has 0 saturated carbocycles. The van der Waals surface area contributed by atoms with Crippen molar-refractivity contribution in [1.82, 2.24) is 10.4 Å². The zero-order valence-corrected chi connectivity index (χ0v) is 10.2. The van der Waals surface area contributed by atoms with Crippen molar-refractivity contribution in [2.75, 3.05) is 7.11 Å². The standard InChI is InChI=1S/C13H13F2N3O/c1-19-12-7-17-5-4-9(12)13(18-16)8-2-3-10(14)11(15)6-8/h2-7,13,18H,16H2,1H3. The number of hydrazine groups is 1. The first kappa shape index (κ1) is 13.4. The van der Waals surface area contributed by atoms with E-state index in [1.807, 2.05) is 0 Å². The number of methoxy groups -OCH3 is 1. The normalized spacial score (nSPS) is 12.2. The third-order valence-corrected chi connectivity index (χ3v) is 2.79. The maximum absolute atomic E-state index is 13.3. The predicted molar refractivity (Wildman–Crippen MR) is 66.3 cm³/mol. The first-order valence-electron chi connectivity index (χ1n) is 5.56. The molecule has 0 spiro atoms. The van der Waals surface area contributed by atoms with Gasteiger partial charge < -0.3 is 4.74 Å². The lowest BCUT2D eigenvalue weighted by molar-refractivity contribution is 0.402. The van der Waals surface area contributed by atoms with Crippen molar-refractivity contribution in [1.29, 1.82) is 0 Å². The highest BCUT2D eigenvalue weighted by atomic mass is 19.2. The largest absolute Gasteiger partial charge is 0.495 e. The third kappa shape index (κ3) is 2.69. The van der Waals surface area contributed by atoms with Crippen molar-refractivity contribution >= 4 is 0 Å². The van der Waals surface area contributed by atoms with Crippen LogP contribution >= 0.6 is 0 Å². The molecule has 2 aromatic rings. The quantitative estimate of drug-likeness (QED) is 0.655. The lowest BCUT2D eigenvalue weighted by atomic mass is 9.99. The molecule has 6 heteroatoms. The van der Waals surface area contributed by atoms with E-state index in [0.717, 1.165) is 12.1 Å². The Morgan fingerprint density at radius 2 is 2.05 bits per heavy atom. The van der Waals surface area contributed by atoms with Crippen LogP contribution in [0.1, 0.15) is 17.2 Å². The number of rotatable bonds is 4. The second kappa shape index (κ2) is 5.73. The van der Waals surface area contributed by atoms with Gasteiger partial charge in [-0.3, -0.25) is 10.8 Å². The van der Waals surface area contributed by atoms with Crippen LogP contribution < -0.4 is 16.0 Å². The highest BCUT2D eigenvalue weighted by molar-refractivity contribution is 5.39. The fourth-order valence-electron chi connectivity index (χ4n) is 1.86. The second-order valence-electron chi connectivity index (χ2n) is 3.89. The minimum absolute atomic E-state index is 0.492. The molecule has 0 aliphatic carbocycles. The summed E-state index contributed by atoms with van der Waals surface area (Å²) in [6.07, 6.45) is 3.10. The van der Waals surface area contributed by atoms with E-state index in [0.29, 0.717) is 16.9 Å². The predicted octanol–water partition coefficient (Wildman–Crippen LogP) is 1.92. The summed E-state index contributed by atoms with van der Waals surface area (Å²) in [4.78, 5) is 3.93. The van der Waals surface area contributed by atoms with Gasteiger partial charge in [-0.15, -0.1) is 0 Å². The number of benzene rings is 1. The van der Waals surface area contributed by atoms with Gasteiger partial charge in [0.2, 0.25) is 0 Å². The van der Waals surface area contributed by atoms with Crippen LogP contribution in [-0.2, 0) is 0 Å². The summed E-state index contributed by atoms with van der Waals surface area (Å²) in [7, 11) is 1.50. The maximum atomic E-state index is 13.3. The molecular weight excluding hydrogens is 252 g/mol. The first-order valence-corrected chi connectivity index (χ1v) is 5.56. The molecule has 3 N–H and O–H groups in total. The zero-order chi connectivity index (χ0) is 13.8. The van der Waals surface area contributed by atoms with Gasteiger partial charge in [0.1, 0.15) is 5.75 Å². The number of ether oxygens (including phenoxy) is 1. The smallest absolute Gasteiger partial charge is 0.159 e. The molecule has 1 aromatic carbocycles. The van der Waals surface area contributed by atoms with Crippen LogP contribution in [0, 0.1) is 11.6 Å². The zero-order valence-electron chi connectivity index (χ0n) is 10.2. The number of nitrogens with zero attached hydrogens (tertiary/aromatic N) is 1. The van der Waals surface area contributed by atoms with Crippen LogP contribution in [0.25, 0.3) is 0 Å². The maximum Gasteiger partial charge on any atom is 0.159 e. The molecule has 100 valence electrons. The minimum atomic E-state index is -0.925. The molecule has 0 saturated heterocycles. The summed E-state index contributed by atoms with van der Waals surface area (Å²) in [5.41, 5.74) is 3.74. The molecule has 19 heavy (non-hydrogen) atoms. The van der Waals surface area contributed by atoms with Crippen molar-refractivity contribution < 1.29 is 13.5 Å². The van der Waals surface area contributed by atoms with E-state index in [9.17, 15) is 8.78 Å². The summed E-state index contributed by atoms with van der Waals surface area (Å²) in [6.45, 7) is 0. The molecule has 4 nitrogen and oxygen atoms in total. The number of halogens is 2. The number of nitrogens with one attached hydrogen (secondary N) is 1. The molecular formula is C13H13F2N3O. The number of nitrogens with two attached hydrogens (primary N) is 1. The molecule has 1 atom stereocenters. The average molecular weight is 265 g/mol. The highest BCUT2D eigenvalue weighted by Crippen LogP contribution is 2.29. The number of pyridine rings is 1. The fraction of sp³-hybridized carbons (Fsp3) is 0.154. The summed E-state index contributed by atoms with van der Waals surface area (Å²) < 4.78 is 31.4. The molecule has 0 aliphatic rings. The highest BCUT2D eigenvalue weighted by Gasteiger charge is 2.18. The van der Waals surface area contributed by atoms with E-state index in [-0.39, 0.29) is 0 Å². The van der Waals surface area contributed by atoms with E-state index >= 15 is 0 Å². The second-order valence-corrected chi connectivity index (χ2v) is 3.89. The van der Waals surface area contributed by atoms with E-state index in [2.05, 4.69) is 10.4 Å². The van der Waals surface area contributed by atoms with Crippen LogP contribution in [0.3, 0.4) is 0 Å². The van der Waals surface area contributed by atoms with Crippen LogP contribution in [-0.4, -0.2) is 12.1 Å². The third-order valence-electron chi connectivity index (χ3n) is 2.79. The fourth-order valence-corrected chi connectivity index (χ4v) is 1.86. The van der Waals surface area contributed by atoms with Crippen molar-refractivity contribution in [2.24, 2.45) is 5.84 Å². The number of hydrogen-bond donors (Lipinski definition) is 2. The number of hydrogen-bond acceptors (Lipinski definition) is 4. The van der Waals surface area contributed by atoms with Gasteiger partial charge in [0.05, 0.1) is 19.3 Å². The van der Waals surface area contributed by atoms with Gasteiger partial charge in [0.15, 0.2) is 11.6 Å². The Kier molecular flexibility index (Phi) is 4.03. The molecule has 1 heterocycles. The number of aromatic nitrogens is 1. The van der Waals surface area contributed by atoms with Crippen molar-refractivity contribution in [3.8, 4) is 5.75 Å². The monoisotopic (exact) mass is 265 g/mol. The van der Waals surface area contributed by atoms with Gasteiger partial charge in [-0.1, -0.05) is 6.07 Å². The van der Waals surface area contributed by atoms with Crippen molar-refractivity contribution in [2.45, 2.75) is 6.04 Å². The van der Waals surface area contributed by atoms with Crippen LogP contribution in [0.4, 0.5) is 8.78 Å². The van der Waals surface area contributed by atoms with Gasteiger partial charge in [-0.25, -0.2) is 14.2 Å². The lowest BCUT2D eigenvalue weighted by Crippen LogP contribution is -2.29. The Morgan fingerprint density at radius 1 is 1.26 bits per heavy atom. The summed E-state index contributed by atoms with van der Waals surface area (Å²) in [6, 6.07) is 4.79. The van der Waals surface area contributed by atoms with Gasteiger partial charge in [0, 0.05) is 11.8 Å². The van der Waals surface area contributed by atoms with Gasteiger partial charge in [0.25, 0.3) is 0 Å². The summed E-state index contributed by atoms with van der Waals surface area (Å²) in [5, 5.41) is 0. The Morgan fingerprint density at radius 3 is 2.68 bits per heavy atom. The van der Waals surface area contributed by atoms with E-state index in [1.54, 1.807) is 12.3 Å².